The summed E-state index contributed by atoms with van der Waals surface area (Å²) in [6, 6.07) is 75.3. The first-order valence-electron chi connectivity index (χ1n) is 18.6. The molecule has 2 heteroatoms. The minimum absolute atomic E-state index is 0.638. The summed E-state index contributed by atoms with van der Waals surface area (Å²) in [5.74, 6) is 0.928. The third-order valence-electron chi connectivity index (χ3n) is 11.5. The zero-order chi connectivity index (χ0) is 35.6. The Bertz CT molecular complexity index is 2980. The van der Waals surface area contributed by atoms with E-state index in [0.29, 0.717) is 0 Å². The highest BCUT2D eigenvalue weighted by atomic mass is 15.1. The Labute approximate surface area is 314 Å². The van der Waals surface area contributed by atoms with E-state index < -0.39 is 5.41 Å². The molecule has 1 heterocycles. The molecule has 0 saturated heterocycles. The fourth-order valence-corrected chi connectivity index (χ4v) is 9.34. The van der Waals surface area contributed by atoms with Gasteiger partial charge in [-0.05, 0) is 96.4 Å². The number of benzene rings is 9. The van der Waals surface area contributed by atoms with Gasteiger partial charge in [0.05, 0.1) is 16.4 Å². The summed E-state index contributed by atoms with van der Waals surface area (Å²) in [6.07, 6.45) is 0. The van der Waals surface area contributed by atoms with Gasteiger partial charge in [-0.3, -0.25) is 4.57 Å². The fourth-order valence-electron chi connectivity index (χ4n) is 9.34. The van der Waals surface area contributed by atoms with Crippen molar-refractivity contribution in [1.29, 1.82) is 0 Å². The van der Waals surface area contributed by atoms with Gasteiger partial charge >= 0.3 is 0 Å². The van der Waals surface area contributed by atoms with Crippen molar-refractivity contribution >= 4 is 32.6 Å². The van der Waals surface area contributed by atoms with Crippen molar-refractivity contribution < 1.29 is 0 Å². The molecule has 1 unspecified atom stereocenters. The van der Waals surface area contributed by atoms with E-state index in [4.69, 9.17) is 4.98 Å². The molecule has 0 bridgehead atoms. The van der Waals surface area contributed by atoms with Crippen LogP contribution in [0.15, 0.2) is 206 Å². The van der Waals surface area contributed by atoms with E-state index >= 15 is 0 Å². The lowest BCUT2D eigenvalue weighted by Crippen LogP contribution is -2.29. The van der Waals surface area contributed by atoms with Crippen LogP contribution in [0.1, 0.15) is 22.3 Å². The summed E-state index contributed by atoms with van der Waals surface area (Å²) in [4.78, 5) is 5.34. The van der Waals surface area contributed by atoms with E-state index in [2.05, 4.69) is 211 Å². The van der Waals surface area contributed by atoms with Crippen LogP contribution in [0.25, 0.3) is 71.9 Å². The number of imidazole rings is 1. The van der Waals surface area contributed by atoms with E-state index in [1.54, 1.807) is 0 Å². The van der Waals surface area contributed by atoms with Crippen molar-refractivity contribution in [2.45, 2.75) is 5.41 Å². The first kappa shape index (κ1) is 30.6. The maximum Gasteiger partial charge on any atom is 0.145 e. The largest absolute Gasteiger partial charge is 0.292 e. The van der Waals surface area contributed by atoms with Gasteiger partial charge in [-0.15, -0.1) is 0 Å². The summed E-state index contributed by atoms with van der Waals surface area (Å²) >= 11 is 0. The maximum absolute atomic E-state index is 5.34. The number of rotatable bonds is 5. The molecule has 10 aromatic rings. The topological polar surface area (TPSA) is 17.8 Å². The van der Waals surface area contributed by atoms with Gasteiger partial charge in [-0.2, -0.15) is 0 Å². The van der Waals surface area contributed by atoms with Crippen molar-refractivity contribution in [1.82, 2.24) is 9.55 Å². The summed E-state index contributed by atoms with van der Waals surface area (Å²) in [5, 5.41) is 5.01. The molecule has 1 atom stereocenters. The van der Waals surface area contributed by atoms with Crippen LogP contribution in [0.4, 0.5) is 0 Å². The van der Waals surface area contributed by atoms with Crippen LogP contribution >= 0.6 is 0 Å². The van der Waals surface area contributed by atoms with Gasteiger partial charge in [0, 0.05) is 11.3 Å². The second-order valence-electron chi connectivity index (χ2n) is 14.2. The van der Waals surface area contributed by atoms with Gasteiger partial charge in [-0.25, -0.2) is 4.98 Å². The average Bonchev–Trinajstić information content (AvgIpc) is 3.78. The lowest BCUT2D eigenvalue weighted by atomic mass is 9.64. The van der Waals surface area contributed by atoms with Crippen molar-refractivity contribution in [3.8, 4) is 39.3 Å². The molecule has 0 N–H and O–H groups in total. The van der Waals surface area contributed by atoms with Crippen LogP contribution in [0.3, 0.4) is 0 Å². The smallest absolute Gasteiger partial charge is 0.145 e. The number of aromatic nitrogens is 2. The van der Waals surface area contributed by atoms with Crippen LogP contribution in [0.5, 0.6) is 0 Å². The fraction of sp³-hybridized carbons (Fsp3) is 0.0192. The number of nitrogens with zero attached hydrogens (tertiary/aromatic N) is 2. The molecular formula is C52H34N2. The molecule has 9 aromatic carbocycles. The maximum atomic E-state index is 5.34. The third kappa shape index (κ3) is 4.31. The van der Waals surface area contributed by atoms with E-state index in [-0.39, 0.29) is 0 Å². The molecule has 54 heavy (non-hydrogen) atoms. The molecule has 0 fully saturated rings. The Morgan fingerprint density at radius 1 is 0.407 bits per heavy atom. The van der Waals surface area contributed by atoms with E-state index in [1.165, 1.54) is 66.1 Å². The first-order chi connectivity index (χ1) is 26.8. The number of para-hydroxylation sites is 3. The van der Waals surface area contributed by atoms with Crippen molar-refractivity contribution in [2.24, 2.45) is 0 Å². The molecule has 0 amide bonds. The van der Waals surface area contributed by atoms with Gasteiger partial charge in [-0.1, -0.05) is 176 Å². The second-order valence-corrected chi connectivity index (χ2v) is 14.2. The quantitative estimate of drug-likeness (QED) is 0.165. The summed E-state index contributed by atoms with van der Waals surface area (Å²) < 4.78 is 2.31. The van der Waals surface area contributed by atoms with Crippen LogP contribution in [0.2, 0.25) is 0 Å². The zero-order valence-electron chi connectivity index (χ0n) is 29.5. The minimum atomic E-state index is -0.638. The minimum Gasteiger partial charge on any atom is -0.292 e. The monoisotopic (exact) mass is 686 g/mol. The molecular weight excluding hydrogens is 653 g/mol. The molecule has 0 radical (unpaired) electrons. The van der Waals surface area contributed by atoms with Crippen LogP contribution in [-0.4, -0.2) is 9.55 Å². The van der Waals surface area contributed by atoms with Crippen molar-refractivity contribution in [3.05, 3.63) is 229 Å². The van der Waals surface area contributed by atoms with E-state index in [1.807, 2.05) is 0 Å². The first-order valence-corrected chi connectivity index (χ1v) is 18.6. The van der Waals surface area contributed by atoms with Gasteiger partial charge in [0.1, 0.15) is 5.82 Å². The lowest BCUT2D eigenvalue weighted by Gasteiger charge is -2.36. The molecule has 2 nitrogen and oxygen atoms in total. The summed E-state index contributed by atoms with van der Waals surface area (Å²) in [6.45, 7) is 0. The Morgan fingerprint density at radius 2 is 0.963 bits per heavy atom. The molecule has 252 valence electrons. The molecule has 11 rings (SSSR count). The van der Waals surface area contributed by atoms with E-state index in [0.717, 1.165) is 28.1 Å². The Kier molecular flexibility index (Phi) is 6.80. The number of fused-ring (bicyclic) bond motifs is 6. The van der Waals surface area contributed by atoms with Gasteiger partial charge in [0.25, 0.3) is 0 Å². The molecule has 1 aromatic heterocycles. The van der Waals surface area contributed by atoms with E-state index in [9.17, 15) is 0 Å². The zero-order valence-corrected chi connectivity index (χ0v) is 29.5. The highest BCUT2D eigenvalue weighted by Gasteiger charge is 2.48. The van der Waals surface area contributed by atoms with Crippen molar-refractivity contribution in [3.63, 3.8) is 0 Å². The Balaban J connectivity index is 1.31. The second kappa shape index (κ2) is 12.0. The standard InChI is InChI=1S/C52H34N2/c1-4-18-35(19-5-1)49-41-25-10-12-27-43(41)50(44-28-13-11-26-42(44)49)52(37-20-6-2-7-21-37)45-29-15-14-24-39(45)40-33-32-36(34-46(40)52)51-53-47-30-16-17-31-48(47)54(51)38-22-8-3-9-23-38/h1-34H. The van der Waals surface area contributed by atoms with Crippen LogP contribution in [-0.2, 0) is 5.41 Å². The van der Waals surface area contributed by atoms with Gasteiger partial charge in [0.2, 0.25) is 0 Å². The Morgan fingerprint density at radius 3 is 1.69 bits per heavy atom. The summed E-state index contributed by atoms with van der Waals surface area (Å²) in [5.41, 5.74) is 13.7. The molecule has 0 spiro atoms. The average molecular weight is 687 g/mol. The van der Waals surface area contributed by atoms with Crippen molar-refractivity contribution in [2.75, 3.05) is 0 Å². The third-order valence-corrected chi connectivity index (χ3v) is 11.5. The Hall–Kier alpha value is -7.03. The molecule has 0 saturated carbocycles. The van der Waals surface area contributed by atoms with Crippen LogP contribution in [0, 0.1) is 0 Å². The predicted molar refractivity (Wildman–Crippen MR) is 224 cm³/mol. The van der Waals surface area contributed by atoms with Crippen LogP contribution < -0.4 is 0 Å². The molecule has 0 aliphatic heterocycles. The highest BCUT2D eigenvalue weighted by Crippen LogP contribution is 2.60. The molecule has 1 aliphatic carbocycles. The number of hydrogen-bond acceptors (Lipinski definition) is 1. The number of hydrogen-bond donors (Lipinski definition) is 0. The molecule has 1 aliphatic rings. The summed E-state index contributed by atoms with van der Waals surface area (Å²) in [7, 11) is 0. The highest BCUT2D eigenvalue weighted by molar-refractivity contribution is 6.17. The predicted octanol–water partition coefficient (Wildman–Crippen LogP) is 13.0. The van der Waals surface area contributed by atoms with Gasteiger partial charge in [0.15, 0.2) is 0 Å². The van der Waals surface area contributed by atoms with Gasteiger partial charge < -0.3 is 0 Å². The lowest BCUT2D eigenvalue weighted by molar-refractivity contribution is 0.784. The normalized spacial score (nSPS) is 14.7. The SMILES string of the molecule is c1ccc(-c2c3ccccc3c(C3(c4ccccc4)c4ccccc4-c4ccc(-c5nc6ccccc6n5-c5ccccc5)cc43)c3ccccc23)cc1.